The van der Waals surface area contributed by atoms with Crippen molar-refractivity contribution in [3.05, 3.63) is 29.7 Å². The van der Waals surface area contributed by atoms with Gasteiger partial charge in [0, 0.05) is 29.0 Å². The second-order valence-corrected chi connectivity index (χ2v) is 3.04. The standard InChI is InChI=1S/C10H12N2/c1-3-8-5-12-10-4-7(2)11-6-9(8)10/h4-6,12H,3H2,1-2H3. The predicted molar refractivity (Wildman–Crippen MR) is 50.2 cm³/mol. The molecule has 1 N–H and O–H groups in total. The Hall–Kier alpha value is -1.31. The van der Waals surface area contributed by atoms with E-state index in [-0.39, 0.29) is 0 Å². The molecule has 2 rings (SSSR count). The zero-order valence-electron chi connectivity index (χ0n) is 7.39. The number of nitrogens with zero attached hydrogens (tertiary/aromatic N) is 1. The largest absolute Gasteiger partial charge is 0.361 e. The maximum absolute atomic E-state index is 4.27. The first-order valence-corrected chi connectivity index (χ1v) is 4.24. The van der Waals surface area contributed by atoms with Crippen molar-refractivity contribution >= 4 is 10.9 Å². The molecular formula is C10H12N2. The molecule has 2 nitrogen and oxygen atoms in total. The van der Waals surface area contributed by atoms with Gasteiger partial charge in [-0.25, -0.2) is 0 Å². The van der Waals surface area contributed by atoms with Gasteiger partial charge in [0.1, 0.15) is 0 Å². The van der Waals surface area contributed by atoms with Crippen LogP contribution in [0.15, 0.2) is 18.5 Å². The van der Waals surface area contributed by atoms with E-state index in [2.05, 4.69) is 29.2 Å². The van der Waals surface area contributed by atoms with Gasteiger partial charge < -0.3 is 4.98 Å². The van der Waals surface area contributed by atoms with Gasteiger partial charge in [0.2, 0.25) is 0 Å². The predicted octanol–water partition coefficient (Wildman–Crippen LogP) is 2.43. The van der Waals surface area contributed by atoms with E-state index < -0.39 is 0 Å². The Morgan fingerprint density at radius 1 is 1.50 bits per heavy atom. The van der Waals surface area contributed by atoms with Crippen molar-refractivity contribution in [2.45, 2.75) is 20.3 Å². The molecule has 0 fully saturated rings. The number of H-pyrrole nitrogens is 1. The molecule has 0 aliphatic heterocycles. The Bertz CT molecular complexity index is 401. The van der Waals surface area contributed by atoms with E-state index in [0.29, 0.717) is 0 Å². The topological polar surface area (TPSA) is 28.7 Å². The fraction of sp³-hybridized carbons (Fsp3) is 0.300. The molecule has 0 saturated carbocycles. The monoisotopic (exact) mass is 160 g/mol. The van der Waals surface area contributed by atoms with Crippen LogP contribution < -0.4 is 0 Å². The van der Waals surface area contributed by atoms with Crippen LogP contribution in [0.1, 0.15) is 18.2 Å². The highest BCUT2D eigenvalue weighted by molar-refractivity contribution is 5.82. The Morgan fingerprint density at radius 2 is 2.33 bits per heavy atom. The van der Waals surface area contributed by atoms with Crippen molar-refractivity contribution in [3.63, 3.8) is 0 Å². The third kappa shape index (κ3) is 0.998. The molecule has 0 amide bonds. The second-order valence-electron chi connectivity index (χ2n) is 3.04. The maximum atomic E-state index is 4.27. The molecule has 0 atom stereocenters. The quantitative estimate of drug-likeness (QED) is 0.682. The summed E-state index contributed by atoms with van der Waals surface area (Å²) in [4.78, 5) is 7.51. The van der Waals surface area contributed by atoms with Gasteiger partial charge in [-0.15, -0.1) is 0 Å². The summed E-state index contributed by atoms with van der Waals surface area (Å²) in [5.74, 6) is 0. The van der Waals surface area contributed by atoms with Gasteiger partial charge in [0.25, 0.3) is 0 Å². The normalized spacial score (nSPS) is 10.8. The Morgan fingerprint density at radius 3 is 3.08 bits per heavy atom. The van der Waals surface area contributed by atoms with Crippen LogP contribution in [0.5, 0.6) is 0 Å². The van der Waals surface area contributed by atoms with Gasteiger partial charge >= 0.3 is 0 Å². The Labute approximate surface area is 71.6 Å². The van der Waals surface area contributed by atoms with Gasteiger partial charge in [-0.1, -0.05) is 6.92 Å². The third-order valence-corrected chi connectivity index (χ3v) is 2.17. The summed E-state index contributed by atoms with van der Waals surface area (Å²) in [7, 11) is 0. The SMILES string of the molecule is CCc1c[nH]c2cc(C)ncc12. The summed E-state index contributed by atoms with van der Waals surface area (Å²) in [6.07, 6.45) is 5.07. The lowest BCUT2D eigenvalue weighted by atomic mass is 10.2. The van der Waals surface area contributed by atoms with Crippen molar-refractivity contribution in [1.29, 1.82) is 0 Å². The zero-order chi connectivity index (χ0) is 8.55. The van der Waals surface area contributed by atoms with E-state index in [1.165, 1.54) is 16.5 Å². The maximum Gasteiger partial charge on any atom is 0.0490 e. The fourth-order valence-corrected chi connectivity index (χ4v) is 1.47. The van der Waals surface area contributed by atoms with Crippen LogP contribution in [0.3, 0.4) is 0 Å². The van der Waals surface area contributed by atoms with Gasteiger partial charge in [0.05, 0.1) is 0 Å². The van der Waals surface area contributed by atoms with Gasteiger partial charge in [0.15, 0.2) is 0 Å². The lowest BCUT2D eigenvalue weighted by Crippen LogP contribution is -1.80. The highest BCUT2D eigenvalue weighted by Gasteiger charge is 2.00. The molecule has 2 heterocycles. The molecule has 2 aromatic heterocycles. The first-order chi connectivity index (χ1) is 5.81. The molecule has 0 spiro atoms. The average molecular weight is 160 g/mol. The van der Waals surface area contributed by atoms with Gasteiger partial charge in [-0.3, -0.25) is 4.98 Å². The zero-order valence-corrected chi connectivity index (χ0v) is 7.39. The molecule has 0 aliphatic rings. The number of fused-ring (bicyclic) bond motifs is 1. The van der Waals surface area contributed by atoms with E-state index in [1.54, 1.807) is 0 Å². The molecule has 0 unspecified atom stereocenters. The summed E-state index contributed by atoms with van der Waals surface area (Å²) >= 11 is 0. The van der Waals surface area contributed by atoms with Gasteiger partial charge in [-0.05, 0) is 25.0 Å². The smallest absolute Gasteiger partial charge is 0.0490 e. The first kappa shape index (κ1) is 7.35. The van der Waals surface area contributed by atoms with Crippen LogP contribution in [0.4, 0.5) is 0 Å². The van der Waals surface area contributed by atoms with Gasteiger partial charge in [-0.2, -0.15) is 0 Å². The second kappa shape index (κ2) is 2.63. The molecule has 12 heavy (non-hydrogen) atoms. The number of aromatic amines is 1. The van der Waals surface area contributed by atoms with Crippen LogP contribution in [-0.4, -0.2) is 9.97 Å². The molecule has 0 aromatic carbocycles. The van der Waals surface area contributed by atoms with Crippen LogP contribution in [0.2, 0.25) is 0 Å². The number of rotatable bonds is 1. The number of aromatic nitrogens is 2. The van der Waals surface area contributed by atoms with E-state index in [9.17, 15) is 0 Å². The van der Waals surface area contributed by atoms with E-state index >= 15 is 0 Å². The van der Waals surface area contributed by atoms with Crippen LogP contribution >= 0.6 is 0 Å². The summed E-state index contributed by atoms with van der Waals surface area (Å²) in [6, 6.07) is 2.08. The summed E-state index contributed by atoms with van der Waals surface area (Å²) in [5, 5.41) is 1.25. The van der Waals surface area contributed by atoms with Crippen molar-refractivity contribution in [1.82, 2.24) is 9.97 Å². The van der Waals surface area contributed by atoms with Crippen LogP contribution in [0, 0.1) is 6.92 Å². The lowest BCUT2D eigenvalue weighted by Gasteiger charge is -1.93. The van der Waals surface area contributed by atoms with Crippen molar-refractivity contribution in [2.75, 3.05) is 0 Å². The third-order valence-electron chi connectivity index (χ3n) is 2.17. The average Bonchev–Trinajstić information content (AvgIpc) is 2.46. The Balaban J connectivity index is 2.73. The number of nitrogens with one attached hydrogen (secondary N) is 1. The molecule has 0 aliphatic carbocycles. The number of hydrogen-bond acceptors (Lipinski definition) is 1. The number of hydrogen-bond donors (Lipinski definition) is 1. The molecule has 0 radical (unpaired) electrons. The van der Waals surface area contributed by atoms with Crippen LogP contribution in [0.25, 0.3) is 10.9 Å². The first-order valence-electron chi connectivity index (χ1n) is 4.24. The number of aryl methyl sites for hydroxylation is 2. The minimum Gasteiger partial charge on any atom is -0.361 e. The molecular weight excluding hydrogens is 148 g/mol. The van der Waals surface area contributed by atoms with E-state index in [4.69, 9.17) is 0 Å². The summed E-state index contributed by atoms with van der Waals surface area (Å²) in [6.45, 7) is 4.16. The Kier molecular flexibility index (Phi) is 1.61. The summed E-state index contributed by atoms with van der Waals surface area (Å²) < 4.78 is 0. The van der Waals surface area contributed by atoms with Crippen molar-refractivity contribution in [2.24, 2.45) is 0 Å². The minimum absolute atomic E-state index is 1.06. The van der Waals surface area contributed by atoms with Crippen molar-refractivity contribution < 1.29 is 0 Å². The number of pyridine rings is 1. The highest BCUT2D eigenvalue weighted by Crippen LogP contribution is 2.17. The lowest BCUT2D eigenvalue weighted by molar-refractivity contribution is 1.15. The fourth-order valence-electron chi connectivity index (χ4n) is 1.47. The molecule has 0 saturated heterocycles. The van der Waals surface area contributed by atoms with E-state index in [0.717, 1.165) is 12.1 Å². The molecule has 62 valence electrons. The summed E-state index contributed by atoms with van der Waals surface area (Å²) in [5.41, 5.74) is 3.60. The van der Waals surface area contributed by atoms with Crippen LogP contribution in [-0.2, 0) is 6.42 Å². The van der Waals surface area contributed by atoms with E-state index in [1.807, 2.05) is 13.1 Å². The minimum atomic E-state index is 1.06. The highest BCUT2D eigenvalue weighted by atomic mass is 14.7. The molecule has 2 aromatic rings. The molecule has 2 heteroatoms. The van der Waals surface area contributed by atoms with Crippen molar-refractivity contribution in [3.8, 4) is 0 Å². The molecule has 0 bridgehead atoms.